The predicted octanol–water partition coefficient (Wildman–Crippen LogP) is 2.75. The third-order valence-electron chi connectivity index (χ3n) is 1.96. The van der Waals surface area contributed by atoms with Gasteiger partial charge in [0.15, 0.2) is 0 Å². The van der Waals surface area contributed by atoms with E-state index in [0.717, 1.165) is 5.57 Å². The van der Waals surface area contributed by atoms with Gasteiger partial charge in [-0.15, -0.1) is 0 Å². The number of benzene rings is 1. The molecule has 0 aliphatic carbocycles. The van der Waals surface area contributed by atoms with E-state index in [1.54, 1.807) is 25.2 Å². The topological polar surface area (TPSA) is 20.3 Å². The van der Waals surface area contributed by atoms with Crippen molar-refractivity contribution < 1.29 is 9.18 Å². The van der Waals surface area contributed by atoms with Crippen molar-refractivity contribution in [2.45, 2.75) is 13.8 Å². The molecule has 0 radical (unpaired) electrons. The van der Waals surface area contributed by atoms with Gasteiger partial charge in [-0.25, -0.2) is 4.39 Å². The first-order chi connectivity index (χ1) is 7.02. The zero-order valence-corrected chi connectivity index (χ0v) is 9.12. The number of rotatable bonds is 2. The van der Waals surface area contributed by atoms with Crippen molar-refractivity contribution in [3.05, 3.63) is 41.7 Å². The fourth-order valence-electron chi connectivity index (χ4n) is 1.19. The van der Waals surface area contributed by atoms with E-state index < -0.39 is 5.82 Å². The standard InChI is InChI=1S/C12H14FNO/c1-9(2)8-12(15)14(3)11-7-5-4-6-10(11)13/h4-8H,1-3H3. The van der Waals surface area contributed by atoms with Gasteiger partial charge in [0.1, 0.15) is 5.82 Å². The normalized spacial score (nSPS) is 9.60. The summed E-state index contributed by atoms with van der Waals surface area (Å²) in [5.41, 5.74) is 1.18. The van der Waals surface area contributed by atoms with Crippen LogP contribution in [0.2, 0.25) is 0 Å². The van der Waals surface area contributed by atoms with E-state index >= 15 is 0 Å². The molecule has 0 atom stereocenters. The quantitative estimate of drug-likeness (QED) is 0.683. The summed E-state index contributed by atoms with van der Waals surface area (Å²) >= 11 is 0. The highest BCUT2D eigenvalue weighted by Crippen LogP contribution is 2.17. The van der Waals surface area contributed by atoms with E-state index in [9.17, 15) is 9.18 Å². The van der Waals surface area contributed by atoms with Crippen LogP contribution in [0.1, 0.15) is 13.8 Å². The van der Waals surface area contributed by atoms with Gasteiger partial charge in [0.2, 0.25) is 0 Å². The molecule has 0 bridgehead atoms. The van der Waals surface area contributed by atoms with E-state index in [1.165, 1.54) is 17.0 Å². The Morgan fingerprint density at radius 3 is 2.47 bits per heavy atom. The first-order valence-corrected chi connectivity index (χ1v) is 4.69. The lowest BCUT2D eigenvalue weighted by Crippen LogP contribution is -2.25. The average molecular weight is 207 g/mol. The molecule has 0 fully saturated rings. The summed E-state index contributed by atoms with van der Waals surface area (Å²) in [5.74, 6) is -0.615. The lowest BCUT2D eigenvalue weighted by atomic mass is 10.2. The largest absolute Gasteiger partial charge is 0.309 e. The minimum Gasteiger partial charge on any atom is -0.309 e. The van der Waals surface area contributed by atoms with Crippen molar-refractivity contribution in [2.24, 2.45) is 0 Å². The maximum absolute atomic E-state index is 13.3. The Morgan fingerprint density at radius 2 is 1.93 bits per heavy atom. The second-order valence-electron chi connectivity index (χ2n) is 3.57. The predicted molar refractivity (Wildman–Crippen MR) is 59.2 cm³/mol. The molecule has 0 aliphatic heterocycles. The van der Waals surface area contributed by atoms with Crippen LogP contribution in [0.25, 0.3) is 0 Å². The van der Waals surface area contributed by atoms with Crippen molar-refractivity contribution in [3.63, 3.8) is 0 Å². The molecule has 80 valence electrons. The van der Waals surface area contributed by atoms with Gasteiger partial charge in [0, 0.05) is 13.1 Å². The fourth-order valence-corrected chi connectivity index (χ4v) is 1.19. The maximum Gasteiger partial charge on any atom is 0.250 e. The van der Waals surface area contributed by atoms with E-state index in [0.29, 0.717) is 5.69 Å². The molecule has 0 saturated carbocycles. The molecule has 1 rings (SSSR count). The van der Waals surface area contributed by atoms with Gasteiger partial charge in [-0.2, -0.15) is 0 Å². The molecule has 1 aromatic carbocycles. The lowest BCUT2D eigenvalue weighted by molar-refractivity contribution is -0.114. The molecular weight excluding hydrogens is 193 g/mol. The smallest absolute Gasteiger partial charge is 0.250 e. The molecule has 0 aromatic heterocycles. The Bertz CT molecular complexity index is 394. The third kappa shape index (κ3) is 2.91. The molecule has 1 aromatic rings. The molecule has 0 aliphatic rings. The van der Waals surface area contributed by atoms with Crippen LogP contribution in [0.4, 0.5) is 10.1 Å². The van der Waals surface area contributed by atoms with Crippen molar-refractivity contribution in [2.75, 3.05) is 11.9 Å². The van der Waals surface area contributed by atoms with E-state index in [-0.39, 0.29) is 5.91 Å². The summed E-state index contributed by atoms with van der Waals surface area (Å²) in [6.45, 7) is 3.65. The van der Waals surface area contributed by atoms with Crippen molar-refractivity contribution in [3.8, 4) is 0 Å². The van der Waals surface area contributed by atoms with Crippen LogP contribution in [0, 0.1) is 5.82 Å². The summed E-state index contributed by atoms with van der Waals surface area (Å²) in [4.78, 5) is 12.9. The highest BCUT2D eigenvalue weighted by atomic mass is 19.1. The molecule has 15 heavy (non-hydrogen) atoms. The van der Waals surface area contributed by atoms with Gasteiger partial charge in [-0.05, 0) is 26.0 Å². The zero-order valence-electron chi connectivity index (χ0n) is 9.12. The number of amides is 1. The molecule has 1 amide bonds. The van der Waals surface area contributed by atoms with Crippen molar-refractivity contribution in [1.29, 1.82) is 0 Å². The molecule has 0 unspecified atom stereocenters. The van der Waals surface area contributed by atoms with E-state index in [2.05, 4.69) is 0 Å². The summed E-state index contributed by atoms with van der Waals surface area (Å²) in [6.07, 6.45) is 1.48. The first-order valence-electron chi connectivity index (χ1n) is 4.69. The van der Waals surface area contributed by atoms with Crippen molar-refractivity contribution in [1.82, 2.24) is 0 Å². The minimum absolute atomic E-state index is 0.222. The van der Waals surface area contributed by atoms with E-state index in [1.807, 2.05) is 13.8 Å². The fraction of sp³-hybridized carbons (Fsp3) is 0.250. The maximum atomic E-state index is 13.3. The number of nitrogens with zero attached hydrogens (tertiary/aromatic N) is 1. The number of allylic oxidation sites excluding steroid dienone is 1. The Morgan fingerprint density at radius 1 is 1.33 bits per heavy atom. The Balaban J connectivity index is 2.95. The zero-order chi connectivity index (χ0) is 11.4. The van der Waals surface area contributed by atoms with E-state index in [4.69, 9.17) is 0 Å². The number of anilines is 1. The number of carbonyl (C=O) groups is 1. The van der Waals surface area contributed by atoms with Gasteiger partial charge in [0.25, 0.3) is 5.91 Å². The molecule has 0 spiro atoms. The van der Waals surface area contributed by atoms with Gasteiger partial charge >= 0.3 is 0 Å². The van der Waals surface area contributed by atoms with Gasteiger partial charge in [-0.3, -0.25) is 4.79 Å². The Kier molecular flexibility index (Phi) is 3.61. The molecule has 0 saturated heterocycles. The molecule has 0 N–H and O–H groups in total. The van der Waals surface area contributed by atoms with Crippen molar-refractivity contribution >= 4 is 11.6 Å². The second-order valence-corrected chi connectivity index (χ2v) is 3.57. The number of hydrogen-bond acceptors (Lipinski definition) is 1. The van der Waals surface area contributed by atoms with Crippen LogP contribution in [0.5, 0.6) is 0 Å². The first kappa shape index (κ1) is 11.4. The Hall–Kier alpha value is -1.64. The molecule has 2 nitrogen and oxygen atoms in total. The molecular formula is C12H14FNO. The number of carbonyl (C=O) groups excluding carboxylic acids is 1. The minimum atomic E-state index is -0.393. The number of halogens is 1. The van der Waals surface area contributed by atoms with Gasteiger partial charge in [0.05, 0.1) is 5.69 Å². The lowest BCUT2D eigenvalue weighted by Gasteiger charge is -2.16. The van der Waals surface area contributed by atoms with Crippen LogP contribution in [-0.4, -0.2) is 13.0 Å². The van der Waals surface area contributed by atoms with Crippen LogP contribution in [-0.2, 0) is 4.79 Å². The van der Waals surface area contributed by atoms with Crippen LogP contribution < -0.4 is 4.90 Å². The van der Waals surface area contributed by atoms with Crippen LogP contribution in [0.3, 0.4) is 0 Å². The average Bonchev–Trinajstić information content (AvgIpc) is 2.16. The summed E-state index contributed by atoms with van der Waals surface area (Å²) in [5, 5.41) is 0. The summed E-state index contributed by atoms with van der Waals surface area (Å²) < 4.78 is 13.3. The van der Waals surface area contributed by atoms with Gasteiger partial charge < -0.3 is 4.90 Å². The second kappa shape index (κ2) is 4.73. The summed E-state index contributed by atoms with van der Waals surface area (Å²) in [6, 6.07) is 6.20. The monoisotopic (exact) mass is 207 g/mol. The summed E-state index contributed by atoms with van der Waals surface area (Å²) in [7, 11) is 1.56. The third-order valence-corrected chi connectivity index (χ3v) is 1.96. The molecule has 3 heteroatoms. The number of para-hydroxylation sites is 1. The number of likely N-dealkylation sites (N-methyl/N-ethyl adjacent to an activating group) is 1. The van der Waals surface area contributed by atoms with Crippen LogP contribution >= 0.6 is 0 Å². The van der Waals surface area contributed by atoms with Gasteiger partial charge in [-0.1, -0.05) is 17.7 Å². The Labute approximate surface area is 89.0 Å². The SMILES string of the molecule is CC(C)=CC(=O)N(C)c1ccccc1F. The highest BCUT2D eigenvalue weighted by molar-refractivity contribution is 6.01. The number of hydrogen-bond donors (Lipinski definition) is 0. The van der Waals surface area contributed by atoms with Crippen LogP contribution in [0.15, 0.2) is 35.9 Å². The highest BCUT2D eigenvalue weighted by Gasteiger charge is 2.11. The molecule has 0 heterocycles.